The summed E-state index contributed by atoms with van der Waals surface area (Å²) in [5.74, 6) is -0.409. The molecule has 5 heteroatoms. The van der Waals surface area contributed by atoms with E-state index in [1.165, 1.54) is 6.07 Å². The van der Waals surface area contributed by atoms with E-state index in [9.17, 15) is 4.39 Å². The lowest BCUT2D eigenvalue weighted by atomic mass is 10.3. The molecule has 2 rings (SSSR count). The van der Waals surface area contributed by atoms with E-state index in [4.69, 9.17) is 11.6 Å². The quantitative estimate of drug-likeness (QED) is 0.893. The Morgan fingerprint density at radius 3 is 2.94 bits per heavy atom. The highest BCUT2D eigenvalue weighted by molar-refractivity contribution is 6.31. The monoisotopic (exact) mass is 239 g/mol. The van der Waals surface area contributed by atoms with Crippen LogP contribution in [-0.4, -0.2) is 9.55 Å². The Balaban J connectivity index is 2.05. The number of imidazole rings is 1. The number of benzene rings is 1. The maximum absolute atomic E-state index is 12.9. The van der Waals surface area contributed by atoms with Crippen LogP contribution in [0.4, 0.5) is 10.1 Å². The lowest BCUT2D eigenvalue weighted by Crippen LogP contribution is -2.03. The van der Waals surface area contributed by atoms with Crippen LogP contribution in [-0.2, 0) is 13.6 Å². The Morgan fingerprint density at radius 1 is 1.50 bits per heavy atom. The van der Waals surface area contributed by atoms with Gasteiger partial charge in [0.2, 0.25) is 0 Å². The number of anilines is 1. The normalized spacial score (nSPS) is 10.4. The zero-order chi connectivity index (χ0) is 11.5. The van der Waals surface area contributed by atoms with Crippen molar-refractivity contribution >= 4 is 17.3 Å². The zero-order valence-corrected chi connectivity index (χ0v) is 9.50. The van der Waals surface area contributed by atoms with Crippen LogP contribution in [0.5, 0.6) is 0 Å². The van der Waals surface area contributed by atoms with Gasteiger partial charge in [-0.3, -0.25) is 0 Å². The molecule has 0 aliphatic heterocycles. The van der Waals surface area contributed by atoms with Crippen LogP contribution < -0.4 is 5.32 Å². The molecule has 0 saturated carbocycles. The summed E-state index contributed by atoms with van der Waals surface area (Å²) in [5, 5.41) is 3.26. The molecule has 84 valence electrons. The summed E-state index contributed by atoms with van der Waals surface area (Å²) in [6, 6.07) is 4.55. The lowest BCUT2D eigenvalue weighted by Gasteiger charge is -2.07. The molecule has 0 saturated heterocycles. The number of hydrogen-bond donors (Lipinski definition) is 1. The predicted molar refractivity (Wildman–Crippen MR) is 61.9 cm³/mol. The van der Waals surface area contributed by atoms with Gasteiger partial charge in [-0.15, -0.1) is 0 Å². The van der Waals surface area contributed by atoms with Crippen molar-refractivity contribution in [3.05, 3.63) is 47.3 Å². The van der Waals surface area contributed by atoms with Crippen LogP contribution in [0.2, 0.25) is 5.02 Å². The molecule has 1 heterocycles. The minimum absolute atomic E-state index is 0.120. The second kappa shape index (κ2) is 4.53. The molecular weight excluding hydrogens is 229 g/mol. The molecule has 16 heavy (non-hydrogen) atoms. The molecule has 1 aromatic heterocycles. The van der Waals surface area contributed by atoms with Crippen molar-refractivity contribution in [3.8, 4) is 0 Å². The maximum atomic E-state index is 12.9. The number of halogens is 2. The van der Waals surface area contributed by atoms with Gasteiger partial charge in [0.25, 0.3) is 0 Å². The zero-order valence-electron chi connectivity index (χ0n) is 8.74. The average molecular weight is 240 g/mol. The van der Waals surface area contributed by atoms with E-state index in [2.05, 4.69) is 10.3 Å². The molecule has 0 aliphatic carbocycles. The van der Waals surface area contributed by atoms with E-state index in [1.807, 2.05) is 11.6 Å². The smallest absolute Gasteiger partial charge is 0.141 e. The Kier molecular flexibility index (Phi) is 3.10. The molecule has 0 aliphatic rings. The van der Waals surface area contributed by atoms with E-state index >= 15 is 0 Å². The SMILES string of the molecule is Cn1cncc1CNc1ccc(F)c(Cl)c1. The van der Waals surface area contributed by atoms with Crippen LogP contribution in [0.1, 0.15) is 5.69 Å². The first-order chi connectivity index (χ1) is 7.66. The molecule has 0 amide bonds. The second-order valence-corrected chi connectivity index (χ2v) is 3.89. The van der Waals surface area contributed by atoms with E-state index in [-0.39, 0.29) is 5.02 Å². The Morgan fingerprint density at radius 2 is 2.31 bits per heavy atom. The second-order valence-electron chi connectivity index (χ2n) is 3.48. The molecular formula is C11H11ClFN3. The number of aromatic nitrogens is 2. The van der Waals surface area contributed by atoms with Crippen molar-refractivity contribution < 1.29 is 4.39 Å². The van der Waals surface area contributed by atoms with Crippen LogP contribution >= 0.6 is 11.6 Å². The summed E-state index contributed by atoms with van der Waals surface area (Å²) in [4.78, 5) is 4.00. The number of aryl methyl sites for hydroxylation is 1. The number of rotatable bonds is 3. The van der Waals surface area contributed by atoms with Gasteiger partial charge in [0.05, 0.1) is 23.6 Å². The molecule has 0 spiro atoms. The predicted octanol–water partition coefficient (Wildman–Crippen LogP) is 2.82. The first-order valence-electron chi connectivity index (χ1n) is 4.81. The van der Waals surface area contributed by atoms with Gasteiger partial charge in [-0.1, -0.05) is 11.6 Å². The van der Waals surface area contributed by atoms with Gasteiger partial charge in [0.1, 0.15) is 5.82 Å². The van der Waals surface area contributed by atoms with Crippen LogP contribution in [0.15, 0.2) is 30.7 Å². The standard InChI is InChI=1S/C11H11ClFN3/c1-16-7-14-5-9(16)6-15-8-2-3-11(13)10(12)4-8/h2-5,7,15H,6H2,1H3. The Hall–Kier alpha value is -1.55. The summed E-state index contributed by atoms with van der Waals surface area (Å²) in [6.45, 7) is 0.623. The van der Waals surface area contributed by atoms with Crippen molar-refractivity contribution in [1.29, 1.82) is 0 Å². The number of nitrogens with one attached hydrogen (secondary N) is 1. The lowest BCUT2D eigenvalue weighted by molar-refractivity contribution is 0.628. The van der Waals surface area contributed by atoms with Gasteiger partial charge in [-0.05, 0) is 18.2 Å². The third kappa shape index (κ3) is 2.33. The van der Waals surface area contributed by atoms with Crippen molar-refractivity contribution in [2.45, 2.75) is 6.54 Å². The first-order valence-corrected chi connectivity index (χ1v) is 5.19. The van der Waals surface area contributed by atoms with Gasteiger partial charge >= 0.3 is 0 Å². The van der Waals surface area contributed by atoms with Crippen LogP contribution in [0.25, 0.3) is 0 Å². The van der Waals surface area contributed by atoms with Crippen LogP contribution in [0.3, 0.4) is 0 Å². The van der Waals surface area contributed by atoms with Gasteiger partial charge in [-0.25, -0.2) is 9.37 Å². The molecule has 0 atom stereocenters. The topological polar surface area (TPSA) is 29.9 Å². The molecule has 0 bridgehead atoms. The van der Waals surface area contributed by atoms with Gasteiger partial charge in [0, 0.05) is 18.9 Å². The molecule has 0 fully saturated rings. The first kappa shape index (κ1) is 11.0. The molecule has 1 aromatic carbocycles. The molecule has 2 aromatic rings. The molecule has 0 unspecified atom stereocenters. The van der Waals surface area contributed by atoms with Gasteiger partial charge in [-0.2, -0.15) is 0 Å². The van der Waals surface area contributed by atoms with Crippen molar-refractivity contribution in [1.82, 2.24) is 9.55 Å². The highest BCUT2D eigenvalue weighted by Gasteiger charge is 2.02. The average Bonchev–Trinajstić information content (AvgIpc) is 2.66. The van der Waals surface area contributed by atoms with Crippen molar-refractivity contribution in [2.75, 3.05) is 5.32 Å². The summed E-state index contributed by atoms with van der Waals surface area (Å²) in [5.41, 5.74) is 1.83. The van der Waals surface area contributed by atoms with Crippen molar-refractivity contribution in [3.63, 3.8) is 0 Å². The third-order valence-electron chi connectivity index (χ3n) is 2.31. The summed E-state index contributed by atoms with van der Waals surface area (Å²) >= 11 is 5.67. The maximum Gasteiger partial charge on any atom is 0.141 e. The van der Waals surface area contributed by atoms with E-state index in [0.717, 1.165) is 11.4 Å². The molecule has 0 radical (unpaired) electrons. The summed E-state index contributed by atoms with van der Waals surface area (Å²) in [6.07, 6.45) is 3.51. The fraction of sp³-hybridized carbons (Fsp3) is 0.182. The minimum atomic E-state index is -0.409. The third-order valence-corrected chi connectivity index (χ3v) is 2.60. The largest absolute Gasteiger partial charge is 0.379 e. The number of nitrogens with zero attached hydrogens (tertiary/aromatic N) is 2. The van der Waals surface area contributed by atoms with Crippen LogP contribution in [0, 0.1) is 5.82 Å². The fourth-order valence-electron chi connectivity index (χ4n) is 1.35. The van der Waals surface area contributed by atoms with Crippen molar-refractivity contribution in [2.24, 2.45) is 7.05 Å². The molecule has 1 N–H and O–H groups in total. The Bertz CT molecular complexity index is 496. The minimum Gasteiger partial charge on any atom is -0.379 e. The highest BCUT2D eigenvalue weighted by atomic mass is 35.5. The molecule has 3 nitrogen and oxygen atoms in total. The van der Waals surface area contributed by atoms with E-state index < -0.39 is 5.82 Å². The highest BCUT2D eigenvalue weighted by Crippen LogP contribution is 2.19. The van der Waals surface area contributed by atoms with Gasteiger partial charge < -0.3 is 9.88 Å². The van der Waals surface area contributed by atoms with E-state index in [0.29, 0.717) is 6.54 Å². The summed E-state index contributed by atoms with van der Waals surface area (Å²) in [7, 11) is 1.92. The Labute approximate surface area is 97.9 Å². The van der Waals surface area contributed by atoms with E-state index in [1.54, 1.807) is 24.7 Å². The van der Waals surface area contributed by atoms with Gasteiger partial charge in [0.15, 0.2) is 0 Å². The number of hydrogen-bond acceptors (Lipinski definition) is 2. The summed E-state index contributed by atoms with van der Waals surface area (Å²) < 4.78 is 14.8. The fourth-order valence-corrected chi connectivity index (χ4v) is 1.53.